The van der Waals surface area contributed by atoms with Gasteiger partial charge in [0.1, 0.15) is 0 Å². The quantitative estimate of drug-likeness (QED) is 0.572. The van der Waals surface area contributed by atoms with Crippen molar-refractivity contribution in [2.45, 2.75) is 38.8 Å². The van der Waals surface area contributed by atoms with Crippen molar-refractivity contribution in [3.8, 4) is 0 Å². The second-order valence-electron chi connectivity index (χ2n) is 3.18. The second kappa shape index (κ2) is 3.72. The lowest BCUT2D eigenvalue weighted by Gasteiger charge is -2.15. The van der Waals surface area contributed by atoms with E-state index in [2.05, 4.69) is 24.5 Å². The molecule has 64 valence electrons. The molecular formula is C8H16N2O. The molecule has 0 aliphatic carbocycles. The third-order valence-corrected chi connectivity index (χ3v) is 2.05. The number of rotatable bonds is 1. The summed E-state index contributed by atoms with van der Waals surface area (Å²) in [6.45, 7) is 4.95. The lowest BCUT2D eigenvalue weighted by molar-refractivity contribution is -0.121. The fraction of sp³-hybridized carbons (Fsp3) is 0.875. The van der Waals surface area contributed by atoms with Gasteiger partial charge in [0.25, 0.3) is 0 Å². The van der Waals surface area contributed by atoms with Crippen molar-refractivity contribution < 1.29 is 4.79 Å². The highest BCUT2D eigenvalue weighted by atomic mass is 16.1. The SMILES string of the molecule is CCC1CC(=O)NC[C@@H](C)N1. The Morgan fingerprint density at radius 3 is 3.00 bits per heavy atom. The smallest absolute Gasteiger partial charge is 0.221 e. The van der Waals surface area contributed by atoms with Gasteiger partial charge in [0.15, 0.2) is 0 Å². The summed E-state index contributed by atoms with van der Waals surface area (Å²) in [5, 5.41) is 6.23. The molecule has 1 heterocycles. The van der Waals surface area contributed by atoms with E-state index in [0.29, 0.717) is 18.5 Å². The summed E-state index contributed by atoms with van der Waals surface area (Å²) in [4.78, 5) is 11.0. The molecule has 11 heavy (non-hydrogen) atoms. The molecule has 0 radical (unpaired) electrons. The van der Waals surface area contributed by atoms with Gasteiger partial charge in [0.2, 0.25) is 5.91 Å². The Morgan fingerprint density at radius 2 is 2.36 bits per heavy atom. The Bertz CT molecular complexity index is 147. The lowest BCUT2D eigenvalue weighted by Crippen LogP contribution is -2.37. The zero-order valence-electron chi connectivity index (χ0n) is 7.18. The van der Waals surface area contributed by atoms with Crippen LogP contribution in [0.4, 0.5) is 0 Å². The Labute approximate surface area is 67.5 Å². The second-order valence-corrected chi connectivity index (χ2v) is 3.18. The number of amides is 1. The van der Waals surface area contributed by atoms with Crippen LogP contribution in [-0.4, -0.2) is 24.5 Å². The van der Waals surface area contributed by atoms with Crippen molar-refractivity contribution in [2.75, 3.05) is 6.54 Å². The summed E-state index contributed by atoms with van der Waals surface area (Å²) in [5.74, 6) is 0.175. The van der Waals surface area contributed by atoms with E-state index in [1.807, 2.05) is 0 Å². The normalized spacial score (nSPS) is 32.7. The molecule has 1 amide bonds. The van der Waals surface area contributed by atoms with Crippen LogP contribution < -0.4 is 10.6 Å². The van der Waals surface area contributed by atoms with Gasteiger partial charge in [-0.05, 0) is 13.3 Å². The van der Waals surface area contributed by atoms with Gasteiger partial charge in [-0.25, -0.2) is 0 Å². The fourth-order valence-electron chi connectivity index (χ4n) is 1.35. The zero-order chi connectivity index (χ0) is 8.27. The molecule has 0 aromatic rings. The van der Waals surface area contributed by atoms with E-state index in [9.17, 15) is 4.79 Å². The van der Waals surface area contributed by atoms with Crippen molar-refractivity contribution in [1.29, 1.82) is 0 Å². The van der Waals surface area contributed by atoms with Gasteiger partial charge in [-0.1, -0.05) is 6.92 Å². The van der Waals surface area contributed by atoms with Crippen molar-refractivity contribution in [3.63, 3.8) is 0 Å². The van der Waals surface area contributed by atoms with Gasteiger partial charge in [-0.2, -0.15) is 0 Å². The van der Waals surface area contributed by atoms with Crippen LogP contribution in [0.5, 0.6) is 0 Å². The molecule has 3 heteroatoms. The molecule has 1 rings (SSSR count). The Balaban J connectivity index is 2.47. The average Bonchev–Trinajstić information content (AvgIpc) is 2.13. The van der Waals surface area contributed by atoms with Gasteiger partial charge in [0, 0.05) is 25.0 Å². The third kappa shape index (κ3) is 2.50. The molecule has 2 atom stereocenters. The standard InChI is InChI=1S/C8H16N2O/c1-3-7-4-8(11)9-5-6(2)10-7/h6-7,10H,3-5H2,1-2H3,(H,9,11)/t6-,7?/m1/s1. The molecule has 0 aromatic carbocycles. The fourth-order valence-corrected chi connectivity index (χ4v) is 1.35. The maximum Gasteiger partial charge on any atom is 0.221 e. The molecule has 0 saturated carbocycles. The van der Waals surface area contributed by atoms with Crippen LogP contribution in [0.2, 0.25) is 0 Å². The lowest BCUT2D eigenvalue weighted by atomic mass is 10.1. The molecule has 1 saturated heterocycles. The van der Waals surface area contributed by atoms with Gasteiger partial charge in [-0.3, -0.25) is 4.79 Å². The highest BCUT2D eigenvalue weighted by Gasteiger charge is 2.18. The maximum atomic E-state index is 11.0. The van der Waals surface area contributed by atoms with Crippen molar-refractivity contribution in [1.82, 2.24) is 10.6 Å². The minimum absolute atomic E-state index is 0.175. The number of hydrogen-bond acceptors (Lipinski definition) is 2. The predicted octanol–water partition coefficient (Wildman–Crippen LogP) is 0.263. The zero-order valence-corrected chi connectivity index (χ0v) is 7.18. The minimum atomic E-state index is 0.175. The summed E-state index contributed by atoms with van der Waals surface area (Å²) in [7, 11) is 0. The van der Waals surface area contributed by atoms with Crippen LogP contribution in [0.1, 0.15) is 26.7 Å². The van der Waals surface area contributed by atoms with Gasteiger partial charge < -0.3 is 10.6 Å². The van der Waals surface area contributed by atoms with Crippen LogP contribution in [-0.2, 0) is 4.79 Å². The monoisotopic (exact) mass is 156 g/mol. The van der Waals surface area contributed by atoms with Gasteiger partial charge >= 0.3 is 0 Å². The molecule has 1 aliphatic rings. The van der Waals surface area contributed by atoms with Crippen LogP contribution >= 0.6 is 0 Å². The minimum Gasteiger partial charge on any atom is -0.355 e. The van der Waals surface area contributed by atoms with Crippen molar-refractivity contribution >= 4 is 5.91 Å². The van der Waals surface area contributed by atoms with E-state index >= 15 is 0 Å². The first-order chi connectivity index (χ1) is 5.22. The number of nitrogens with one attached hydrogen (secondary N) is 2. The number of hydrogen-bond donors (Lipinski definition) is 2. The first kappa shape index (κ1) is 8.53. The molecule has 3 nitrogen and oxygen atoms in total. The van der Waals surface area contributed by atoms with E-state index in [-0.39, 0.29) is 5.91 Å². The summed E-state index contributed by atoms with van der Waals surface area (Å²) in [6.07, 6.45) is 1.65. The third-order valence-electron chi connectivity index (χ3n) is 2.05. The summed E-state index contributed by atoms with van der Waals surface area (Å²) in [5.41, 5.74) is 0. The largest absolute Gasteiger partial charge is 0.355 e. The van der Waals surface area contributed by atoms with Crippen LogP contribution in [0, 0.1) is 0 Å². The van der Waals surface area contributed by atoms with Crippen LogP contribution in [0.15, 0.2) is 0 Å². The summed E-state index contributed by atoms with van der Waals surface area (Å²) in [6, 6.07) is 0.777. The van der Waals surface area contributed by atoms with E-state index in [0.717, 1.165) is 13.0 Å². The van der Waals surface area contributed by atoms with Crippen molar-refractivity contribution in [3.05, 3.63) is 0 Å². The first-order valence-corrected chi connectivity index (χ1v) is 4.25. The molecule has 0 aromatic heterocycles. The Kier molecular flexibility index (Phi) is 2.88. The summed E-state index contributed by atoms with van der Waals surface area (Å²) < 4.78 is 0. The Morgan fingerprint density at radius 1 is 1.64 bits per heavy atom. The molecular weight excluding hydrogens is 140 g/mol. The summed E-state index contributed by atoms with van der Waals surface area (Å²) >= 11 is 0. The van der Waals surface area contributed by atoms with E-state index in [1.54, 1.807) is 0 Å². The van der Waals surface area contributed by atoms with Crippen molar-refractivity contribution in [2.24, 2.45) is 0 Å². The topological polar surface area (TPSA) is 41.1 Å². The highest BCUT2D eigenvalue weighted by Crippen LogP contribution is 2.02. The van der Waals surface area contributed by atoms with E-state index in [4.69, 9.17) is 0 Å². The van der Waals surface area contributed by atoms with Crippen LogP contribution in [0.3, 0.4) is 0 Å². The molecule has 1 fully saturated rings. The highest BCUT2D eigenvalue weighted by molar-refractivity contribution is 5.76. The molecule has 1 aliphatic heterocycles. The molecule has 0 spiro atoms. The predicted molar refractivity (Wildman–Crippen MR) is 44.3 cm³/mol. The Hall–Kier alpha value is -0.570. The molecule has 1 unspecified atom stereocenters. The number of carbonyl (C=O) groups excluding carboxylic acids is 1. The van der Waals surface area contributed by atoms with E-state index in [1.165, 1.54) is 0 Å². The maximum absolute atomic E-state index is 11.0. The van der Waals surface area contributed by atoms with Gasteiger partial charge in [0.05, 0.1) is 0 Å². The number of carbonyl (C=O) groups is 1. The van der Waals surface area contributed by atoms with E-state index < -0.39 is 0 Å². The average molecular weight is 156 g/mol. The first-order valence-electron chi connectivity index (χ1n) is 4.25. The van der Waals surface area contributed by atoms with Gasteiger partial charge in [-0.15, -0.1) is 0 Å². The molecule has 0 bridgehead atoms. The molecule has 2 N–H and O–H groups in total. The van der Waals surface area contributed by atoms with Crippen LogP contribution in [0.25, 0.3) is 0 Å².